The fourth-order valence-electron chi connectivity index (χ4n) is 2.93. The van der Waals surface area contributed by atoms with Crippen molar-refractivity contribution in [3.63, 3.8) is 0 Å². The molecule has 0 radical (unpaired) electrons. The van der Waals surface area contributed by atoms with Crippen molar-refractivity contribution >= 4 is 11.6 Å². The van der Waals surface area contributed by atoms with Crippen molar-refractivity contribution in [3.8, 4) is 0 Å². The zero-order chi connectivity index (χ0) is 13.2. The number of amides is 1. The quantitative estimate of drug-likeness (QED) is 0.894. The predicted octanol–water partition coefficient (Wildman–Crippen LogP) is 1.46. The van der Waals surface area contributed by atoms with E-state index in [0.717, 1.165) is 32.2 Å². The Hall–Kier alpha value is -1.55. The second-order valence-electron chi connectivity index (χ2n) is 5.52. The average Bonchev–Trinajstić information content (AvgIpc) is 2.38. The first-order valence-corrected chi connectivity index (χ1v) is 7.13. The van der Waals surface area contributed by atoms with Gasteiger partial charge in [0, 0.05) is 43.5 Å². The van der Waals surface area contributed by atoms with Crippen LogP contribution in [-0.2, 0) is 0 Å². The molecule has 1 aliphatic heterocycles. The highest BCUT2D eigenvalue weighted by Gasteiger charge is 2.27. The molecule has 1 heterocycles. The van der Waals surface area contributed by atoms with E-state index in [9.17, 15) is 4.79 Å². The van der Waals surface area contributed by atoms with Crippen LogP contribution in [0.25, 0.3) is 0 Å². The van der Waals surface area contributed by atoms with Gasteiger partial charge in [0.05, 0.1) is 0 Å². The Labute approximate surface area is 114 Å². The summed E-state index contributed by atoms with van der Waals surface area (Å²) in [5, 5.41) is 0. The molecule has 1 saturated carbocycles. The summed E-state index contributed by atoms with van der Waals surface area (Å²) in [6.07, 6.45) is 4.17. The summed E-state index contributed by atoms with van der Waals surface area (Å²) in [7, 11) is 0. The molecule has 2 N–H and O–H groups in total. The Morgan fingerprint density at radius 2 is 1.68 bits per heavy atom. The number of primary amides is 1. The number of nitrogens with two attached hydrogens (primary N) is 1. The summed E-state index contributed by atoms with van der Waals surface area (Å²) in [6, 6.07) is 8.48. The van der Waals surface area contributed by atoms with Crippen LogP contribution in [0.2, 0.25) is 0 Å². The number of carbonyl (C=O) groups excluding carboxylic acids is 1. The van der Waals surface area contributed by atoms with Crippen LogP contribution in [0.1, 0.15) is 29.6 Å². The zero-order valence-corrected chi connectivity index (χ0v) is 11.2. The molecule has 19 heavy (non-hydrogen) atoms. The highest BCUT2D eigenvalue weighted by Crippen LogP contribution is 2.26. The Bertz CT molecular complexity index is 445. The first-order valence-electron chi connectivity index (χ1n) is 7.13. The second-order valence-corrected chi connectivity index (χ2v) is 5.52. The second kappa shape index (κ2) is 5.21. The lowest BCUT2D eigenvalue weighted by molar-refractivity contribution is 0.100. The zero-order valence-electron chi connectivity index (χ0n) is 11.2. The van der Waals surface area contributed by atoms with Gasteiger partial charge in [-0.25, -0.2) is 0 Å². The number of benzene rings is 1. The van der Waals surface area contributed by atoms with Crippen LogP contribution < -0.4 is 10.6 Å². The van der Waals surface area contributed by atoms with Crippen molar-refractivity contribution in [1.29, 1.82) is 0 Å². The minimum absolute atomic E-state index is 0.360. The lowest BCUT2D eigenvalue weighted by atomic mass is 9.91. The first-order chi connectivity index (χ1) is 9.24. The van der Waals surface area contributed by atoms with Gasteiger partial charge in [0.25, 0.3) is 0 Å². The number of hydrogen-bond donors (Lipinski definition) is 1. The average molecular weight is 259 g/mol. The molecule has 0 spiro atoms. The monoisotopic (exact) mass is 259 g/mol. The van der Waals surface area contributed by atoms with Gasteiger partial charge in [-0.3, -0.25) is 9.69 Å². The van der Waals surface area contributed by atoms with Crippen molar-refractivity contribution in [1.82, 2.24) is 4.90 Å². The molecule has 1 aromatic rings. The van der Waals surface area contributed by atoms with Crippen molar-refractivity contribution in [3.05, 3.63) is 29.8 Å². The van der Waals surface area contributed by atoms with Crippen LogP contribution in [-0.4, -0.2) is 43.0 Å². The maximum absolute atomic E-state index is 11.0. The van der Waals surface area contributed by atoms with Gasteiger partial charge in [-0.2, -0.15) is 0 Å². The number of piperazine rings is 1. The minimum Gasteiger partial charge on any atom is -0.369 e. The maximum atomic E-state index is 11.0. The van der Waals surface area contributed by atoms with E-state index in [0.29, 0.717) is 5.56 Å². The van der Waals surface area contributed by atoms with Gasteiger partial charge >= 0.3 is 0 Å². The van der Waals surface area contributed by atoms with Crippen molar-refractivity contribution in [2.75, 3.05) is 31.1 Å². The lowest BCUT2D eigenvalue weighted by Crippen LogP contribution is -2.52. The van der Waals surface area contributed by atoms with Crippen LogP contribution in [0.5, 0.6) is 0 Å². The molecule has 0 atom stereocenters. The van der Waals surface area contributed by atoms with Crippen molar-refractivity contribution < 1.29 is 4.79 Å². The fraction of sp³-hybridized carbons (Fsp3) is 0.533. The van der Waals surface area contributed by atoms with Gasteiger partial charge in [-0.15, -0.1) is 0 Å². The van der Waals surface area contributed by atoms with Gasteiger partial charge in [0.15, 0.2) is 0 Å². The summed E-state index contributed by atoms with van der Waals surface area (Å²) in [5.74, 6) is -0.360. The van der Waals surface area contributed by atoms with Crippen molar-refractivity contribution in [2.45, 2.75) is 25.3 Å². The van der Waals surface area contributed by atoms with E-state index < -0.39 is 0 Å². The summed E-state index contributed by atoms with van der Waals surface area (Å²) < 4.78 is 0. The SMILES string of the molecule is NC(=O)c1ccc(N2CCN(C3CCC3)CC2)cc1. The standard InChI is InChI=1S/C15H21N3O/c16-15(19)12-4-6-14(7-5-12)18-10-8-17(9-11-18)13-2-1-3-13/h4-7,13H,1-3,8-11H2,(H2,16,19). The maximum Gasteiger partial charge on any atom is 0.248 e. The van der Waals surface area contributed by atoms with E-state index in [2.05, 4.69) is 9.80 Å². The number of nitrogens with zero attached hydrogens (tertiary/aromatic N) is 2. The molecule has 1 aromatic carbocycles. The third-order valence-electron chi connectivity index (χ3n) is 4.42. The van der Waals surface area contributed by atoms with E-state index in [1.54, 1.807) is 0 Å². The molecule has 3 rings (SSSR count). The van der Waals surface area contributed by atoms with Crippen LogP contribution in [0.15, 0.2) is 24.3 Å². The van der Waals surface area contributed by atoms with Crippen molar-refractivity contribution in [2.24, 2.45) is 5.73 Å². The van der Waals surface area contributed by atoms with Gasteiger partial charge in [0.2, 0.25) is 5.91 Å². The van der Waals surface area contributed by atoms with E-state index in [1.165, 1.54) is 24.9 Å². The Morgan fingerprint density at radius 1 is 1.05 bits per heavy atom. The third-order valence-corrected chi connectivity index (χ3v) is 4.42. The highest BCUT2D eigenvalue weighted by molar-refractivity contribution is 5.93. The van der Waals surface area contributed by atoms with Gasteiger partial charge in [0.1, 0.15) is 0 Å². The molecule has 0 bridgehead atoms. The molecule has 1 amide bonds. The summed E-state index contributed by atoms with van der Waals surface area (Å²) in [5.41, 5.74) is 7.03. The largest absolute Gasteiger partial charge is 0.369 e. The first kappa shape index (κ1) is 12.5. The van der Waals surface area contributed by atoms with Gasteiger partial charge in [-0.05, 0) is 37.1 Å². The number of rotatable bonds is 3. The fourth-order valence-corrected chi connectivity index (χ4v) is 2.93. The Morgan fingerprint density at radius 3 is 2.16 bits per heavy atom. The van der Waals surface area contributed by atoms with Crippen LogP contribution in [0.4, 0.5) is 5.69 Å². The Balaban J connectivity index is 1.59. The lowest BCUT2D eigenvalue weighted by Gasteiger charge is -2.43. The molecule has 1 aliphatic carbocycles. The van der Waals surface area contributed by atoms with E-state index in [-0.39, 0.29) is 5.91 Å². The molecule has 2 fully saturated rings. The van der Waals surface area contributed by atoms with Crippen LogP contribution in [0, 0.1) is 0 Å². The minimum atomic E-state index is -0.360. The molecule has 2 aliphatic rings. The highest BCUT2D eigenvalue weighted by atomic mass is 16.1. The smallest absolute Gasteiger partial charge is 0.248 e. The number of carbonyl (C=O) groups is 1. The molecular weight excluding hydrogens is 238 g/mol. The Kier molecular flexibility index (Phi) is 3.42. The van der Waals surface area contributed by atoms with E-state index in [4.69, 9.17) is 5.73 Å². The molecule has 1 saturated heterocycles. The van der Waals surface area contributed by atoms with Gasteiger partial charge < -0.3 is 10.6 Å². The summed E-state index contributed by atoms with van der Waals surface area (Å²) in [6.45, 7) is 4.46. The van der Waals surface area contributed by atoms with Crippen LogP contribution in [0.3, 0.4) is 0 Å². The normalized spacial score (nSPS) is 21.2. The summed E-state index contributed by atoms with van der Waals surface area (Å²) in [4.78, 5) is 16.1. The van der Waals surface area contributed by atoms with Gasteiger partial charge in [-0.1, -0.05) is 6.42 Å². The molecule has 102 valence electrons. The topological polar surface area (TPSA) is 49.6 Å². The third kappa shape index (κ3) is 2.59. The summed E-state index contributed by atoms with van der Waals surface area (Å²) >= 11 is 0. The molecule has 0 aromatic heterocycles. The predicted molar refractivity (Wildman–Crippen MR) is 76.4 cm³/mol. The molecule has 0 unspecified atom stereocenters. The van der Waals surface area contributed by atoms with Crippen LogP contribution >= 0.6 is 0 Å². The number of hydrogen-bond acceptors (Lipinski definition) is 3. The molecule has 4 heteroatoms. The molecule has 4 nitrogen and oxygen atoms in total. The molecular formula is C15H21N3O. The van der Waals surface area contributed by atoms with E-state index in [1.807, 2.05) is 24.3 Å². The number of anilines is 1. The van der Waals surface area contributed by atoms with E-state index >= 15 is 0 Å².